The molecule has 0 radical (unpaired) electrons. The predicted molar refractivity (Wildman–Crippen MR) is 131 cm³/mol. The van der Waals surface area contributed by atoms with Crippen LogP contribution in [0.5, 0.6) is 34.5 Å². The molecular formula is C26H24O17. The molecule has 43 heavy (non-hydrogen) atoms. The molecule has 17 nitrogen and oxygen atoms in total. The summed E-state index contributed by atoms with van der Waals surface area (Å²) >= 11 is 0. The highest BCUT2D eigenvalue weighted by molar-refractivity contribution is 6.02. The summed E-state index contributed by atoms with van der Waals surface area (Å²) < 4.78 is 20.6. The van der Waals surface area contributed by atoms with E-state index in [-0.39, 0.29) is 5.56 Å². The summed E-state index contributed by atoms with van der Waals surface area (Å²) in [4.78, 5) is 51.2. The minimum atomic E-state index is -2.14. The molecule has 2 heterocycles. The summed E-state index contributed by atoms with van der Waals surface area (Å²) in [6.07, 6.45) is -11.9. The van der Waals surface area contributed by atoms with Crippen LogP contribution in [0, 0.1) is 5.92 Å². The first-order valence-corrected chi connectivity index (χ1v) is 12.6. The molecule has 0 unspecified atom stereocenters. The van der Waals surface area contributed by atoms with Crippen molar-refractivity contribution in [2.24, 2.45) is 5.92 Å². The number of hydrogen-bond donors (Lipinski definition) is 9. The van der Waals surface area contributed by atoms with E-state index >= 15 is 0 Å². The zero-order valence-electron chi connectivity index (χ0n) is 21.6. The molecule has 230 valence electrons. The number of aliphatic hydroxyl groups excluding tert-OH is 3. The van der Waals surface area contributed by atoms with Crippen LogP contribution in [0.25, 0.3) is 0 Å². The maximum Gasteiger partial charge on any atom is 0.344 e. The fraction of sp³-hybridized carbons (Fsp3) is 0.385. The Morgan fingerprint density at radius 2 is 1.56 bits per heavy atom. The van der Waals surface area contributed by atoms with E-state index in [9.17, 15) is 65.1 Å². The standard InChI is InChI=1S/C26H24O17/c27-5-12-18(34)22(20(36)26(40-12)43-23(37)6-1-2-9(28)16(32)15(6)31)42-25(39)8-4-11(30)21-14(8)13-7(24(38)41-21)3-10(29)17(33)19(13)35/h1-3,8,12,14,18,20-22,26-29,31-36H,4-5H2/t8-,12+,14-,18-,20-,21-,22-,26+/m1/s1. The highest BCUT2D eigenvalue weighted by Gasteiger charge is 2.56. The van der Waals surface area contributed by atoms with Crippen molar-refractivity contribution in [1.29, 1.82) is 0 Å². The second kappa shape index (κ2) is 10.8. The Hall–Kier alpha value is -4.84. The number of ketones is 1. The Kier molecular flexibility index (Phi) is 7.43. The summed E-state index contributed by atoms with van der Waals surface area (Å²) in [6.45, 7) is -0.937. The minimum absolute atomic E-state index is 0.380. The summed E-state index contributed by atoms with van der Waals surface area (Å²) in [5.74, 6) is -13.3. The molecule has 2 fully saturated rings. The Morgan fingerprint density at radius 3 is 2.23 bits per heavy atom. The minimum Gasteiger partial charge on any atom is -0.504 e. The average molecular weight is 608 g/mol. The number of phenolic OH excluding ortho intramolecular Hbond substituents is 6. The molecule has 17 heteroatoms. The van der Waals surface area contributed by atoms with Crippen LogP contribution >= 0.6 is 0 Å². The molecule has 0 aromatic heterocycles. The summed E-state index contributed by atoms with van der Waals surface area (Å²) in [6, 6.07) is 2.49. The van der Waals surface area contributed by atoms with Crippen LogP contribution in [-0.4, -0.2) is 113 Å². The van der Waals surface area contributed by atoms with Gasteiger partial charge in [0.05, 0.1) is 18.1 Å². The fourth-order valence-electron chi connectivity index (χ4n) is 5.35. The van der Waals surface area contributed by atoms with Crippen molar-refractivity contribution in [3.63, 3.8) is 0 Å². The molecule has 5 rings (SSSR count). The number of ether oxygens (including phenoxy) is 4. The lowest BCUT2D eigenvalue weighted by Gasteiger charge is -2.41. The number of esters is 3. The molecule has 0 amide bonds. The van der Waals surface area contributed by atoms with E-state index in [1.54, 1.807) is 0 Å². The summed E-state index contributed by atoms with van der Waals surface area (Å²) in [7, 11) is 0. The van der Waals surface area contributed by atoms with E-state index < -0.39 is 131 Å². The Morgan fingerprint density at radius 1 is 0.884 bits per heavy atom. The molecule has 1 saturated heterocycles. The quantitative estimate of drug-likeness (QED) is 0.104. The van der Waals surface area contributed by atoms with Crippen molar-refractivity contribution >= 4 is 23.7 Å². The van der Waals surface area contributed by atoms with Gasteiger partial charge < -0.3 is 64.9 Å². The first-order chi connectivity index (χ1) is 20.3. The number of benzene rings is 2. The van der Waals surface area contributed by atoms with Crippen molar-refractivity contribution in [2.75, 3.05) is 6.61 Å². The van der Waals surface area contributed by atoms with E-state index in [2.05, 4.69) is 0 Å². The Bertz CT molecular complexity index is 1520. The highest BCUT2D eigenvalue weighted by Crippen LogP contribution is 2.52. The first-order valence-electron chi connectivity index (χ1n) is 12.6. The number of aromatic hydroxyl groups is 6. The van der Waals surface area contributed by atoms with Gasteiger partial charge in [-0.1, -0.05) is 0 Å². The maximum atomic E-state index is 13.4. The number of Topliss-reactive ketones (excluding diaryl/α,β-unsaturated/α-hetero) is 1. The van der Waals surface area contributed by atoms with Crippen molar-refractivity contribution < 1.29 is 84.1 Å². The molecule has 2 aromatic carbocycles. The van der Waals surface area contributed by atoms with E-state index in [1.165, 1.54) is 0 Å². The third-order valence-electron chi connectivity index (χ3n) is 7.53. The number of hydrogen-bond acceptors (Lipinski definition) is 17. The van der Waals surface area contributed by atoms with Gasteiger partial charge in [-0.3, -0.25) is 9.59 Å². The molecule has 2 aromatic rings. The lowest BCUT2D eigenvalue weighted by Crippen LogP contribution is -2.61. The fourth-order valence-corrected chi connectivity index (χ4v) is 5.35. The SMILES string of the molecule is O=C(O[C@@H]1O[C@@H](CO)[C@@H](O)[C@@H](OC(=O)[C@@H]2CC(=O)[C@H]3OC(=O)c4cc(O)c(O)c(O)c4[C@H]32)[C@H]1O)c1ccc(O)c(O)c1O. The number of phenols is 6. The normalized spacial score (nSPS) is 29.7. The zero-order valence-corrected chi connectivity index (χ0v) is 21.6. The number of carbonyl (C=O) groups excluding carboxylic acids is 4. The maximum absolute atomic E-state index is 13.4. The molecule has 1 saturated carbocycles. The van der Waals surface area contributed by atoms with Gasteiger partial charge in [-0.15, -0.1) is 0 Å². The average Bonchev–Trinajstić information content (AvgIpc) is 3.29. The van der Waals surface area contributed by atoms with Crippen LogP contribution in [0.3, 0.4) is 0 Å². The van der Waals surface area contributed by atoms with Gasteiger partial charge in [-0.25, -0.2) is 9.59 Å². The van der Waals surface area contributed by atoms with Crippen LogP contribution in [-0.2, 0) is 28.5 Å². The van der Waals surface area contributed by atoms with Crippen LogP contribution < -0.4 is 0 Å². The van der Waals surface area contributed by atoms with E-state index in [0.717, 1.165) is 18.2 Å². The van der Waals surface area contributed by atoms with Gasteiger partial charge in [-0.2, -0.15) is 0 Å². The van der Waals surface area contributed by atoms with Crippen molar-refractivity contribution in [2.45, 2.75) is 49.1 Å². The van der Waals surface area contributed by atoms with Gasteiger partial charge in [0, 0.05) is 17.9 Å². The first kappa shape index (κ1) is 29.6. The molecule has 0 bridgehead atoms. The van der Waals surface area contributed by atoms with Gasteiger partial charge >= 0.3 is 17.9 Å². The van der Waals surface area contributed by atoms with Crippen LogP contribution in [0.4, 0.5) is 0 Å². The van der Waals surface area contributed by atoms with E-state index in [4.69, 9.17) is 18.9 Å². The predicted octanol–water partition coefficient (Wildman–Crippen LogP) is -1.66. The topological polar surface area (TPSA) is 287 Å². The third-order valence-corrected chi connectivity index (χ3v) is 7.53. The molecule has 2 aliphatic heterocycles. The molecule has 1 aliphatic carbocycles. The van der Waals surface area contributed by atoms with Crippen LogP contribution in [0.15, 0.2) is 18.2 Å². The lowest BCUT2D eigenvalue weighted by molar-refractivity contribution is -0.289. The van der Waals surface area contributed by atoms with E-state index in [0.29, 0.717) is 0 Å². The summed E-state index contributed by atoms with van der Waals surface area (Å²) in [5.41, 5.74) is -1.50. The largest absolute Gasteiger partial charge is 0.504 e. The Labute approximate surface area is 239 Å². The van der Waals surface area contributed by atoms with Gasteiger partial charge in [0.25, 0.3) is 0 Å². The second-order valence-corrected chi connectivity index (χ2v) is 10.0. The van der Waals surface area contributed by atoms with Gasteiger partial charge in [-0.05, 0) is 18.2 Å². The molecule has 9 N–H and O–H groups in total. The Balaban J connectivity index is 1.41. The molecule has 3 aliphatic rings. The van der Waals surface area contributed by atoms with Crippen molar-refractivity contribution in [1.82, 2.24) is 0 Å². The monoisotopic (exact) mass is 608 g/mol. The summed E-state index contributed by atoms with van der Waals surface area (Å²) in [5, 5.41) is 90.6. The molecular weight excluding hydrogens is 584 g/mol. The second-order valence-electron chi connectivity index (χ2n) is 10.0. The number of carbonyl (C=O) groups is 4. The third kappa shape index (κ3) is 4.77. The molecule has 8 atom stereocenters. The van der Waals surface area contributed by atoms with Crippen LogP contribution in [0.1, 0.15) is 38.6 Å². The van der Waals surface area contributed by atoms with Crippen molar-refractivity contribution in [3.8, 4) is 34.5 Å². The smallest absolute Gasteiger partial charge is 0.344 e. The van der Waals surface area contributed by atoms with Gasteiger partial charge in [0.2, 0.25) is 17.8 Å². The van der Waals surface area contributed by atoms with Gasteiger partial charge in [0.1, 0.15) is 17.8 Å². The zero-order chi connectivity index (χ0) is 31.5. The van der Waals surface area contributed by atoms with Crippen molar-refractivity contribution in [3.05, 3.63) is 34.9 Å². The van der Waals surface area contributed by atoms with E-state index in [1.807, 2.05) is 0 Å². The van der Waals surface area contributed by atoms with Gasteiger partial charge in [0.15, 0.2) is 47.1 Å². The highest BCUT2D eigenvalue weighted by atomic mass is 16.7. The molecule has 0 spiro atoms. The number of rotatable bonds is 5. The number of fused-ring (bicyclic) bond motifs is 3. The lowest BCUT2D eigenvalue weighted by atomic mass is 9.82. The van der Waals surface area contributed by atoms with Crippen LogP contribution in [0.2, 0.25) is 0 Å². The number of aliphatic hydroxyl groups is 3.